The maximum Gasteiger partial charge on any atom is 0.434 e. The number of alkyl halides is 3. The standard InChI is InChI=1S/C25H29F3N6O3S/c1-3-30-24(36)33-20-9-17(18(12-32-20)14-8-15(11-29-10-14)23(35)37-2)22-34-21(25(26,27)28)19(38-22)13-31-16-6-4-5-7-16/h8,10-11,16,31H,3-7,9,12-13H2,1-2H3,(H2,30,32,33,36). The molecule has 1 saturated carbocycles. The van der Waals surface area contributed by atoms with Crippen LogP contribution in [0, 0.1) is 0 Å². The van der Waals surface area contributed by atoms with Crippen molar-refractivity contribution in [3.05, 3.63) is 45.2 Å². The maximum atomic E-state index is 14.0. The number of aromatic nitrogens is 2. The fraction of sp³-hybridized carbons (Fsp3) is 0.480. The third kappa shape index (κ3) is 6.57. The Bertz CT molecular complexity index is 1250. The molecule has 0 spiro atoms. The average molecular weight is 551 g/mol. The van der Waals surface area contributed by atoms with E-state index in [9.17, 15) is 22.8 Å². The maximum absolute atomic E-state index is 14.0. The Kier molecular flexibility index (Phi) is 8.77. The molecule has 3 N–H and O–H groups in total. The number of methoxy groups -OCH3 is 1. The zero-order valence-electron chi connectivity index (χ0n) is 21.1. The highest BCUT2D eigenvalue weighted by Gasteiger charge is 2.38. The van der Waals surface area contributed by atoms with Crippen molar-refractivity contribution in [3.63, 3.8) is 0 Å². The predicted octanol–water partition coefficient (Wildman–Crippen LogP) is 4.41. The summed E-state index contributed by atoms with van der Waals surface area (Å²) in [6.07, 6.45) is 2.30. The van der Waals surface area contributed by atoms with Gasteiger partial charge in [0.2, 0.25) is 0 Å². The van der Waals surface area contributed by atoms with E-state index in [-0.39, 0.29) is 41.0 Å². The van der Waals surface area contributed by atoms with Crippen molar-refractivity contribution >= 4 is 40.3 Å². The molecule has 13 heteroatoms. The molecule has 204 valence electrons. The van der Waals surface area contributed by atoms with Crippen LogP contribution >= 0.6 is 11.3 Å². The van der Waals surface area contributed by atoms with Gasteiger partial charge >= 0.3 is 18.2 Å². The van der Waals surface area contributed by atoms with Crippen molar-refractivity contribution in [2.24, 2.45) is 4.99 Å². The monoisotopic (exact) mass is 550 g/mol. The predicted molar refractivity (Wildman–Crippen MR) is 138 cm³/mol. The SMILES string of the molecule is CCNC(=O)NC1=NCC(c2cncc(C(=O)OC)c2)=C(c2nc(C(F)(F)F)c(CNC3CCCC3)s2)C1. The first-order valence-corrected chi connectivity index (χ1v) is 13.2. The summed E-state index contributed by atoms with van der Waals surface area (Å²) in [5.74, 6) is -0.283. The van der Waals surface area contributed by atoms with Crippen molar-refractivity contribution in [1.82, 2.24) is 25.9 Å². The third-order valence-electron chi connectivity index (χ3n) is 6.37. The molecule has 2 amide bonds. The molecule has 1 aliphatic heterocycles. The van der Waals surface area contributed by atoms with Crippen LogP contribution in [-0.2, 0) is 17.5 Å². The molecule has 9 nitrogen and oxygen atoms in total. The molecule has 2 aromatic rings. The van der Waals surface area contributed by atoms with Crippen LogP contribution < -0.4 is 16.0 Å². The largest absolute Gasteiger partial charge is 0.465 e. The number of nitrogens with zero attached hydrogens (tertiary/aromatic N) is 3. The van der Waals surface area contributed by atoms with Gasteiger partial charge in [-0.3, -0.25) is 15.3 Å². The molecule has 0 atom stereocenters. The number of hydrogen-bond acceptors (Lipinski definition) is 8. The van der Waals surface area contributed by atoms with Gasteiger partial charge in [0.1, 0.15) is 10.8 Å². The van der Waals surface area contributed by atoms with Crippen LogP contribution in [0.4, 0.5) is 18.0 Å². The lowest BCUT2D eigenvalue weighted by Gasteiger charge is -2.20. The van der Waals surface area contributed by atoms with Crippen molar-refractivity contribution in [2.45, 2.75) is 57.8 Å². The van der Waals surface area contributed by atoms with Gasteiger partial charge in [-0.05, 0) is 37.0 Å². The number of thiazole rings is 1. The van der Waals surface area contributed by atoms with Crippen LogP contribution in [0.2, 0.25) is 0 Å². The minimum atomic E-state index is -4.63. The highest BCUT2D eigenvalue weighted by atomic mass is 32.1. The number of ether oxygens (including phenoxy) is 1. The van der Waals surface area contributed by atoms with Gasteiger partial charge < -0.3 is 15.4 Å². The highest BCUT2D eigenvalue weighted by Crippen LogP contribution is 2.40. The fourth-order valence-corrected chi connectivity index (χ4v) is 5.62. The van der Waals surface area contributed by atoms with E-state index in [1.54, 1.807) is 13.0 Å². The number of carbonyl (C=O) groups excluding carboxylic acids is 2. The molecule has 0 saturated heterocycles. The second-order valence-electron chi connectivity index (χ2n) is 8.99. The van der Waals surface area contributed by atoms with Crippen molar-refractivity contribution in [2.75, 3.05) is 20.2 Å². The first-order chi connectivity index (χ1) is 18.2. The van der Waals surface area contributed by atoms with Gasteiger partial charge in [-0.15, -0.1) is 11.3 Å². The van der Waals surface area contributed by atoms with E-state index in [2.05, 4.69) is 30.9 Å². The number of rotatable bonds is 7. The zero-order chi connectivity index (χ0) is 27.3. The van der Waals surface area contributed by atoms with E-state index in [1.165, 1.54) is 19.5 Å². The number of amidine groups is 1. The van der Waals surface area contributed by atoms with Gasteiger partial charge in [0, 0.05) is 43.5 Å². The Labute approximate surface area is 222 Å². The number of hydrogen-bond donors (Lipinski definition) is 3. The quantitative estimate of drug-likeness (QED) is 0.440. The molecule has 1 fully saturated rings. The van der Waals surface area contributed by atoms with Crippen LogP contribution in [0.15, 0.2) is 23.5 Å². The second kappa shape index (κ2) is 12.0. The van der Waals surface area contributed by atoms with Crippen LogP contribution in [0.3, 0.4) is 0 Å². The first kappa shape index (κ1) is 27.7. The minimum absolute atomic E-state index is 0.0508. The number of amides is 2. The molecule has 3 heterocycles. The van der Waals surface area contributed by atoms with Gasteiger partial charge in [-0.25, -0.2) is 14.6 Å². The number of urea groups is 1. The molecule has 4 rings (SSSR count). The summed E-state index contributed by atoms with van der Waals surface area (Å²) >= 11 is 0.974. The Morgan fingerprint density at radius 1 is 1.18 bits per heavy atom. The van der Waals surface area contributed by atoms with Gasteiger partial charge in [-0.1, -0.05) is 12.8 Å². The van der Waals surface area contributed by atoms with Crippen molar-refractivity contribution < 1.29 is 27.5 Å². The number of aliphatic imine (C=N–C) groups is 1. The van der Waals surface area contributed by atoms with Crippen molar-refractivity contribution in [1.29, 1.82) is 0 Å². The lowest BCUT2D eigenvalue weighted by molar-refractivity contribution is -0.141. The van der Waals surface area contributed by atoms with Crippen LogP contribution in [0.1, 0.15) is 70.5 Å². The van der Waals surface area contributed by atoms with E-state index in [0.717, 1.165) is 37.0 Å². The van der Waals surface area contributed by atoms with Gasteiger partial charge in [0.05, 0.1) is 24.1 Å². The Morgan fingerprint density at radius 3 is 2.63 bits per heavy atom. The Morgan fingerprint density at radius 2 is 1.95 bits per heavy atom. The van der Waals surface area contributed by atoms with Crippen molar-refractivity contribution in [3.8, 4) is 0 Å². The number of carbonyl (C=O) groups is 2. The minimum Gasteiger partial charge on any atom is -0.465 e. The fourth-order valence-electron chi connectivity index (χ4n) is 4.51. The summed E-state index contributed by atoms with van der Waals surface area (Å²) in [6.45, 7) is 2.29. The Balaban J connectivity index is 1.74. The first-order valence-electron chi connectivity index (χ1n) is 12.3. The smallest absolute Gasteiger partial charge is 0.434 e. The number of esters is 1. The summed E-state index contributed by atoms with van der Waals surface area (Å²) in [4.78, 5) is 36.9. The normalized spacial score (nSPS) is 16.4. The molecular formula is C25H29F3N6O3S. The van der Waals surface area contributed by atoms with E-state index in [0.29, 0.717) is 29.1 Å². The van der Waals surface area contributed by atoms with Gasteiger partial charge in [-0.2, -0.15) is 13.2 Å². The van der Waals surface area contributed by atoms with Gasteiger partial charge in [0.25, 0.3) is 0 Å². The molecule has 0 aromatic carbocycles. The summed E-state index contributed by atoms with van der Waals surface area (Å²) in [5, 5.41) is 8.71. The highest BCUT2D eigenvalue weighted by molar-refractivity contribution is 7.13. The summed E-state index contributed by atoms with van der Waals surface area (Å²) < 4.78 is 46.8. The van der Waals surface area contributed by atoms with E-state index in [1.807, 2.05) is 0 Å². The second-order valence-corrected chi connectivity index (χ2v) is 10.1. The molecule has 1 aliphatic carbocycles. The lowest BCUT2D eigenvalue weighted by atomic mass is 9.95. The molecule has 0 unspecified atom stereocenters. The van der Waals surface area contributed by atoms with Crippen LogP contribution in [0.5, 0.6) is 0 Å². The summed E-state index contributed by atoms with van der Waals surface area (Å²) in [6, 6.07) is 1.30. The number of nitrogens with one attached hydrogen (secondary N) is 3. The number of halogens is 3. The molecule has 0 radical (unpaired) electrons. The van der Waals surface area contributed by atoms with Crippen LogP contribution in [-0.4, -0.2) is 54.0 Å². The van der Waals surface area contributed by atoms with Crippen LogP contribution in [0.25, 0.3) is 11.1 Å². The van der Waals surface area contributed by atoms with E-state index < -0.39 is 23.9 Å². The lowest BCUT2D eigenvalue weighted by Crippen LogP contribution is -2.40. The number of pyridine rings is 1. The molecule has 2 aromatic heterocycles. The average Bonchev–Trinajstić information content (AvgIpc) is 3.57. The van der Waals surface area contributed by atoms with E-state index in [4.69, 9.17) is 4.74 Å². The van der Waals surface area contributed by atoms with Gasteiger partial charge in [0.15, 0.2) is 5.69 Å². The molecule has 38 heavy (non-hydrogen) atoms. The number of dihydropyridines is 1. The molecule has 0 bridgehead atoms. The summed E-state index contributed by atoms with van der Waals surface area (Å²) in [7, 11) is 1.25. The Hall–Kier alpha value is -3.32. The molecular weight excluding hydrogens is 521 g/mol. The molecule has 2 aliphatic rings. The zero-order valence-corrected chi connectivity index (χ0v) is 21.9. The third-order valence-corrected chi connectivity index (χ3v) is 7.49. The van der Waals surface area contributed by atoms with E-state index >= 15 is 0 Å². The topological polar surface area (TPSA) is 118 Å². The summed E-state index contributed by atoms with van der Waals surface area (Å²) in [5.41, 5.74) is 0.847.